The maximum atomic E-state index is 13.8. The fourth-order valence-corrected chi connectivity index (χ4v) is 3.03. The third-order valence-electron chi connectivity index (χ3n) is 4.46. The Morgan fingerprint density at radius 1 is 1.05 bits per heavy atom. The van der Waals surface area contributed by atoms with E-state index >= 15 is 0 Å². The molecule has 0 radical (unpaired) electrons. The number of piperazine rings is 1. The van der Waals surface area contributed by atoms with Crippen LogP contribution in [0.15, 0.2) is 24.3 Å². The molecule has 22 heavy (non-hydrogen) atoms. The van der Waals surface area contributed by atoms with Crippen LogP contribution >= 0.6 is 0 Å². The molecule has 0 atom stereocenters. The summed E-state index contributed by atoms with van der Waals surface area (Å²) in [5.74, 6) is -0.151. The first-order valence-electron chi connectivity index (χ1n) is 7.60. The Hall–Kier alpha value is -2.11. The van der Waals surface area contributed by atoms with E-state index in [1.807, 2.05) is 15.9 Å². The van der Waals surface area contributed by atoms with Gasteiger partial charge in [0.05, 0.1) is 11.6 Å². The average molecular weight is 305 g/mol. The minimum Gasteiger partial charge on any atom is -0.366 e. The summed E-state index contributed by atoms with van der Waals surface area (Å²) in [6.07, 6.45) is 0. The molecule has 0 saturated carbocycles. The Kier molecular flexibility index (Phi) is 4.00. The zero-order chi connectivity index (χ0) is 15.7. The standard InChI is InChI=1S/C16H20FN3O2/c1-12(21)20-10-13(11-20)16(22)19-8-6-18(7-9-19)15-5-3-2-4-14(15)17/h2-5,13H,6-11H2,1H3. The number of hydrogen-bond acceptors (Lipinski definition) is 3. The molecule has 2 aliphatic rings. The second-order valence-corrected chi connectivity index (χ2v) is 5.88. The lowest BCUT2D eigenvalue weighted by molar-refractivity contribution is -0.147. The SMILES string of the molecule is CC(=O)N1CC(C(=O)N2CCN(c3ccccc3F)CC2)C1. The lowest BCUT2D eigenvalue weighted by Crippen LogP contribution is -2.58. The van der Waals surface area contributed by atoms with E-state index in [9.17, 15) is 14.0 Å². The summed E-state index contributed by atoms with van der Waals surface area (Å²) in [7, 11) is 0. The van der Waals surface area contributed by atoms with E-state index in [1.54, 1.807) is 17.0 Å². The smallest absolute Gasteiger partial charge is 0.229 e. The summed E-state index contributed by atoms with van der Waals surface area (Å²) in [6, 6.07) is 6.72. The normalized spacial score (nSPS) is 19.1. The molecule has 0 N–H and O–H groups in total. The first-order chi connectivity index (χ1) is 10.6. The lowest BCUT2D eigenvalue weighted by atomic mass is 9.98. The summed E-state index contributed by atoms with van der Waals surface area (Å²) < 4.78 is 13.8. The van der Waals surface area contributed by atoms with Crippen molar-refractivity contribution in [3.63, 3.8) is 0 Å². The predicted molar refractivity (Wildman–Crippen MR) is 80.9 cm³/mol. The fourth-order valence-electron chi connectivity index (χ4n) is 3.03. The minimum absolute atomic E-state index is 0.0217. The first-order valence-corrected chi connectivity index (χ1v) is 7.60. The van der Waals surface area contributed by atoms with Crippen LogP contribution in [0.4, 0.5) is 10.1 Å². The fraction of sp³-hybridized carbons (Fsp3) is 0.500. The Labute approximate surface area is 129 Å². The number of nitrogens with zero attached hydrogens (tertiary/aromatic N) is 3. The van der Waals surface area contributed by atoms with E-state index in [1.165, 1.54) is 13.0 Å². The molecule has 2 fully saturated rings. The summed E-state index contributed by atoms with van der Waals surface area (Å²) in [5.41, 5.74) is 0.598. The zero-order valence-electron chi connectivity index (χ0n) is 12.7. The molecular weight excluding hydrogens is 285 g/mol. The Balaban J connectivity index is 1.53. The number of benzene rings is 1. The third kappa shape index (κ3) is 2.77. The zero-order valence-corrected chi connectivity index (χ0v) is 12.7. The molecular formula is C16H20FN3O2. The third-order valence-corrected chi connectivity index (χ3v) is 4.46. The second kappa shape index (κ2) is 5.94. The van der Waals surface area contributed by atoms with Gasteiger partial charge in [-0.2, -0.15) is 0 Å². The number of anilines is 1. The lowest BCUT2D eigenvalue weighted by Gasteiger charge is -2.42. The van der Waals surface area contributed by atoms with Gasteiger partial charge in [-0.3, -0.25) is 9.59 Å². The number of rotatable bonds is 2. The van der Waals surface area contributed by atoms with Gasteiger partial charge >= 0.3 is 0 Å². The maximum absolute atomic E-state index is 13.8. The van der Waals surface area contributed by atoms with Crippen LogP contribution in [-0.2, 0) is 9.59 Å². The number of amides is 2. The summed E-state index contributed by atoms with van der Waals surface area (Å²) in [4.78, 5) is 29.0. The van der Waals surface area contributed by atoms with Gasteiger partial charge in [-0.05, 0) is 12.1 Å². The maximum Gasteiger partial charge on any atom is 0.229 e. The van der Waals surface area contributed by atoms with Gasteiger partial charge in [-0.15, -0.1) is 0 Å². The monoisotopic (exact) mass is 305 g/mol. The van der Waals surface area contributed by atoms with E-state index < -0.39 is 0 Å². The van der Waals surface area contributed by atoms with Gasteiger partial charge in [-0.25, -0.2) is 4.39 Å². The highest BCUT2D eigenvalue weighted by Crippen LogP contribution is 2.22. The first kappa shape index (κ1) is 14.8. The average Bonchev–Trinajstić information content (AvgIpc) is 2.46. The van der Waals surface area contributed by atoms with Crippen LogP contribution in [0.5, 0.6) is 0 Å². The van der Waals surface area contributed by atoms with Crippen LogP contribution in [-0.4, -0.2) is 60.9 Å². The van der Waals surface area contributed by atoms with E-state index in [4.69, 9.17) is 0 Å². The largest absolute Gasteiger partial charge is 0.366 e. The molecule has 6 heteroatoms. The van der Waals surface area contributed by atoms with Crippen molar-refractivity contribution in [1.29, 1.82) is 0 Å². The predicted octanol–water partition coefficient (Wildman–Crippen LogP) is 0.953. The van der Waals surface area contributed by atoms with Crippen molar-refractivity contribution in [3.05, 3.63) is 30.1 Å². The van der Waals surface area contributed by atoms with Crippen LogP contribution in [0.2, 0.25) is 0 Å². The van der Waals surface area contributed by atoms with Crippen molar-refractivity contribution in [1.82, 2.24) is 9.80 Å². The van der Waals surface area contributed by atoms with Crippen molar-refractivity contribution in [2.24, 2.45) is 5.92 Å². The van der Waals surface area contributed by atoms with Crippen LogP contribution in [0.25, 0.3) is 0 Å². The van der Waals surface area contributed by atoms with Crippen molar-refractivity contribution in [2.45, 2.75) is 6.92 Å². The molecule has 3 rings (SSSR count). The number of likely N-dealkylation sites (tertiary alicyclic amines) is 1. The molecule has 0 unspecified atom stereocenters. The van der Waals surface area contributed by atoms with E-state index in [-0.39, 0.29) is 23.5 Å². The summed E-state index contributed by atoms with van der Waals surface area (Å²) in [5, 5.41) is 0. The number of halogens is 1. The van der Waals surface area contributed by atoms with E-state index in [0.29, 0.717) is 45.0 Å². The Bertz CT molecular complexity index is 579. The minimum atomic E-state index is -0.224. The van der Waals surface area contributed by atoms with Gasteiger partial charge in [0.15, 0.2) is 0 Å². The van der Waals surface area contributed by atoms with Crippen LogP contribution in [0.1, 0.15) is 6.92 Å². The van der Waals surface area contributed by atoms with E-state index in [0.717, 1.165) is 0 Å². The van der Waals surface area contributed by atoms with Crippen LogP contribution in [0.3, 0.4) is 0 Å². The van der Waals surface area contributed by atoms with Gasteiger partial charge in [0.2, 0.25) is 11.8 Å². The van der Waals surface area contributed by atoms with Gasteiger partial charge in [0.1, 0.15) is 5.82 Å². The highest BCUT2D eigenvalue weighted by molar-refractivity contribution is 5.84. The molecule has 0 aromatic heterocycles. The topological polar surface area (TPSA) is 43.9 Å². The molecule has 0 bridgehead atoms. The molecule has 2 saturated heterocycles. The Morgan fingerprint density at radius 2 is 1.68 bits per heavy atom. The van der Waals surface area contributed by atoms with Gasteiger partial charge in [0, 0.05) is 46.2 Å². The molecule has 2 aliphatic heterocycles. The van der Waals surface area contributed by atoms with Crippen molar-refractivity contribution >= 4 is 17.5 Å². The summed E-state index contributed by atoms with van der Waals surface area (Å²) >= 11 is 0. The Morgan fingerprint density at radius 3 is 2.27 bits per heavy atom. The molecule has 0 spiro atoms. The molecule has 1 aromatic carbocycles. The van der Waals surface area contributed by atoms with Crippen molar-refractivity contribution in [3.8, 4) is 0 Å². The summed E-state index contributed by atoms with van der Waals surface area (Å²) in [6.45, 7) is 5.05. The number of para-hydroxylation sites is 1. The van der Waals surface area contributed by atoms with Crippen LogP contribution < -0.4 is 4.90 Å². The number of carbonyl (C=O) groups is 2. The molecule has 5 nitrogen and oxygen atoms in total. The van der Waals surface area contributed by atoms with Crippen molar-refractivity contribution < 1.29 is 14.0 Å². The highest BCUT2D eigenvalue weighted by Gasteiger charge is 2.37. The molecule has 0 aliphatic carbocycles. The number of hydrogen-bond donors (Lipinski definition) is 0. The van der Waals surface area contributed by atoms with E-state index in [2.05, 4.69) is 0 Å². The van der Waals surface area contributed by atoms with Gasteiger partial charge < -0.3 is 14.7 Å². The van der Waals surface area contributed by atoms with Crippen molar-refractivity contribution in [2.75, 3.05) is 44.2 Å². The van der Waals surface area contributed by atoms with Gasteiger partial charge in [0.25, 0.3) is 0 Å². The molecule has 2 heterocycles. The quantitative estimate of drug-likeness (QED) is 0.817. The molecule has 2 amide bonds. The van der Waals surface area contributed by atoms with Gasteiger partial charge in [-0.1, -0.05) is 12.1 Å². The van der Waals surface area contributed by atoms with Crippen LogP contribution in [0, 0.1) is 11.7 Å². The highest BCUT2D eigenvalue weighted by atomic mass is 19.1. The molecule has 118 valence electrons. The second-order valence-electron chi connectivity index (χ2n) is 5.88. The molecule has 1 aromatic rings. The number of carbonyl (C=O) groups excluding carboxylic acids is 2.